The minimum atomic E-state index is -0.400. The van der Waals surface area contributed by atoms with Gasteiger partial charge in [-0.2, -0.15) is 0 Å². The highest BCUT2D eigenvalue weighted by molar-refractivity contribution is 5.67. The maximum Gasteiger partial charge on any atom is 0.280 e. The highest BCUT2D eigenvalue weighted by Gasteiger charge is 2.12. The summed E-state index contributed by atoms with van der Waals surface area (Å²) in [5.41, 5.74) is 2.20. The maximum absolute atomic E-state index is 14.8. The van der Waals surface area contributed by atoms with Crippen molar-refractivity contribution >= 4 is 24.3 Å². The van der Waals surface area contributed by atoms with Gasteiger partial charge in [0.25, 0.3) is 5.56 Å². The second-order valence-electron chi connectivity index (χ2n) is 6.67. The van der Waals surface area contributed by atoms with Crippen LogP contribution in [0.3, 0.4) is 0 Å². The standard InChI is InChI=1S/C22H22FN5O/c1-5-6-19-21(24-2)22(29)28(14-26-19)13-17-8-7-15(11-18(17)23)16-9-10-25-20(12-16)27(3)4/h5-12,14H,2,13H2,1,3-4H3/b6-5-. The first-order chi connectivity index (χ1) is 13.9. The molecule has 2 heterocycles. The number of aliphatic imine (C=N–C) groups is 1. The normalized spacial score (nSPS) is 11.0. The fraction of sp³-hybridized carbons (Fsp3) is 0.182. The number of nitrogens with zero attached hydrogens (tertiary/aromatic N) is 5. The number of allylic oxidation sites excluding steroid dienone is 1. The molecule has 0 aliphatic heterocycles. The summed E-state index contributed by atoms with van der Waals surface area (Å²) < 4.78 is 16.1. The van der Waals surface area contributed by atoms with Gasteiger partial charge < -0.3 is 4.90 Å². The number of benzene rings is 1. The number of pyridine rings is 1. The van der Waals surface area contributed by atoms with Crippen LogP contribution in [0, 0.1) is 5.82 Å². The fourth-order valence-corrected chi connectivity index (χ4v) is 2.91. The molecule has 0 radical (unpaired) electrons. The molecule has 0 atom stereocenters. The topological polar surface area (TPSA) is 63.4 Å². The van der Waals surface area contributed by atoms with E-state index >= 15 is 0 Å². The van der Waals surface area contributed by atoms with Crippen molar-refractivity contribution in [1.82, 2.24) is 14.5 Å². The van der Waals surface area contributed by atoms with E-state index in [1.165, 1.54) is 17.0 Å². The summed E-state index contributed by atoms with van der Waals surface area (Å²) in [7, 11) is 3.80. The monoisotopic (exact) mass is 391 g/mol. The van der Waals surface area contributed by atoms with Gasteiger partial charge in [0.15, 0.2) is 5.69 Å². The molecule has 0 saturated carbocycles. The van der Waals surface area contributed by atoms with E-state index in [1.54, 1.807) is 24.4 Å². The quantitative estimate of drug-likeness (QED) is 0.598. The summed E-state index contributed by atoms with van der Waals surface area (Å²) in [6, 6.07) is 8.69. The molecule has 0 aliphatic carbocycles. The molecule has 6 nitrogen and oxygen atoms in total. The minimum absolute atomic E-state index is 0.0515. The van der Waals surface area contributed by atoms with Gasteiger partial charge in [0.1, 0.15) is 11.6 Å². The summed E-state index contributed by atoms with van der Waals surface area (Å²) >= 11 is 0. The lowest BCUT2D eigenvalue weighted by Crippen LogP contribution is -2.22. The molecule has 0 bridgehead atoms. The Morgan fingerprint density at radius 2 is 1.97 bits per heavy atom. The fourth-order valence-electron chi connectivity index (χ4n) is 2.91. The second kappa shape index (κ2) is 8.60. The van der Waals surface area contributed by atoms with Gasteiger partial charge in [-0.3, -0.25) is 14.4 Å². The van der Waals surface area contributed by atoms with E-state index in [9.17, 15) is 9.18 Å². The molecule has 0 amide bonds. The number of rotatable bonds is 6. The van der Waals surface area contributed by atoms with E-state index in [4.69, 9.17) is 0 Å². The van der Waals surface area contributed by atoms with E-state index in [1.807, 2.05) is 44.1 Å². The first kappa shape index (κ1) is 20.1. The Labute approximate surface area is 168 Å². The average molecular weight is 391 g/mol. The summed E-state index contributed by atoms with van der Waals surface area (Å²) in [4.78, 5) is 26.8. The molecule has 29 heavy (non-hydrogen) atoms. The van der Waals surface area contributed by atoms with Gasteiger partial charge in [0.05, 0.1) is 18.6 Å². The third-order valence-electron chi connectivity index (χ3n) is 4.46. The molecule has 0 spiro atoms. The van der Waals surface area contributed by atoms with Crippen molar-refractivity contribution in [3.8, 4) is 11.1 Å². The number of hydrogen-bond acceptors (Lipinski definition) is 5. The molecule has 3 aromatic rings. The average Bonchev–Trinajstić information content (AvgIpc) is 2.71. The molecular weight excluding hydrogens is 369 g/mol. The third kappa shape index (κ3) is 4.29. The van der Waals surface area contributed by atoms with Gasteiger partial charge in [0, 0.05) is 25.9 Å². The summed E-state index contributed by atoms with van der Waals surface area (Å²) in [5.74, 6) is 0.388. The van der Waals surface area contributed by atoms with E-state index in [0.29, 0.717) is 11.3 Å². The second-order valence-corrected chi connectivity index (χ2v) is 6.67. The largest absolute Gasteiger partial charge is 0.363 e. The first-order valence-corrected chi connectivity index (χ1v) is 9.05. The van der Waals surface area contributed by atoms with Crippen molar-refractivity contribution in [3.05, 3.63) is 76.4 Å². The van der Waals surface area contributed by atoms with Crippen molar-refractivity contribution in [1.29, 1.82) is 0 Å². The zero-order valence-electron chi connectivity index (χ0n) is 16.6. The lowest BCUT2D eigenvalue weighted by molar-refractivity contribution is 0.594. The van der Waals surface area contributed by atoms with E-state index in [0.717, 1.165) is 16.9 Å². The van der Waals surface area contributed by atoms with E-state index in [2.05, 4.69) is 21.7 Å². The Morgan fingerprint density at radius 1 is 1.21 bits per heavy atom. The molecule has 2 aromatic heterocycles. The number of anilines is 1. The minimum Gasteiger partial charge on any atom is -0.363 e. The van der Waals surface area contributed by atoms with Crippen molar-refractivity contribution in [2.24, 2.45) is 4.99 Å². The van der Waals surface area contributed by atoms with Crippen LogP contribution in [0.4, 0.5) is 15.9 Å². The molecule has 7 heteroatoms. The first-order valence-electron chi connectivity index (χ1n) is 9.05. The maximum atomic E-state index is 14.8. The van der Waals surface area contributed by atoms with Crippen LogP contribution in [0.25, 0.3) is 17.2 Å². The van der Waals surface area contributed by atoms with Crippen LogP contribution in [0.5, 0.6) is 0 Å². The molecule has 0 unspecified atom stereocenters. The smallest absolute Gasteiger partial charge is 0.280 e. The molecule has 0 aliphatic rings. The number of aromatic nitrogens is 3. The van der Waals surface area contributed by atoms with E-state index < -0.39 is 5.82 Å². The highest BCUT2D eigenvalue weighted by atomic mass is 19.1. The molecule has 1 aromatic carbocycles. The summed E-state index contributed by atoms with van der Waals surface area (Å²) in [6.45, 7) is 5.32. The number of halogens is 1. The molecule has 0 fully saturated rings. The van der Waals surface area contributed by atoms with Crippen LogP contribution in [0.2, 0.25) is 0 Å². The Balaban J connectivity index is 1.93. The van der Waals surface area contributed by atoms with Crippen molar-refractivity contribution < 1.29 is 4.39 Å². The van der Waals surface area contributed by atoms with Crippen molar-refractivity contribution in [2.45, 2.75) is 13.5 Å². The van der Waals surface area contributed by atoms with Crippen LogP contribution in [0.15, 0.2) is 58.7 Å². The van der Waals surface area contributed by atoms with Gasteiger partial charge in [-0.1, -0.05) is 18.2 Å². The van der Waals surface area contributed by atoms with Crippen molar-refractivity contribution in [2.75, 3.05) is 19.0 Å². The lowest BCUT2D eigenvalue weighted by atomic mass is 10.0. The van der Waals surface area contributed by atoms with Crippen LogP contribution in [0.1, 0.15) is 18.2 Å². The predicted molar refractivity (Wildman–Crippen MR) is 115 cm³/mol. The zero-order chi connectivity index (χ0) is 21.0. The van der Waals surface area contributed by atoms with Gasteiger partial charge in [-0.15, -0.1) is 0 Å². The van der Waals surface area contributed by atoms with Crippen LogP contribution < -0.4 is 10.5 Å². The Kier molecular flexibility index (Phi) is 5.97. The summed E-state index contributed by atoms with van der Waals surface area (Å²) in [5, 5.41) is 0. The molecule has 3 rings (SSSR count). The Hall–Kier alpha value is -3.61. The Bertz CT molecular complexity index is 1130. The number of hydrogen-bond donors (Lipinski definition) is 0. The zero-order valence-corrected chi connectivity index (χ0v) is 16.6. The third-order valence-corrected chi connectivity index (χ3v) is 4.46. The Morgan fingerprint density at radius 3 is 2.62 bits per heavy atom. The van der Waals surface area contributed by atoms with Gasteiger partial charge in [0.2, 0.25) is 0 Å². The van der Waals surface area contributed by atoms with E-state index in [-0.39, 0.29) is 17.8 Å². The lowest BCUT2D eigenvalue weighted by Gasteiger charge is -2.13. The van der Waals surface area contributed by atoms with Gasteiger partial charge >= 0.3 is 0 Å². The van der Waals surface area contributed by atoms with Gasteiger partial charge in [-0.25, -0.2) is 14.4 Å². The molecular formula is C22H22FN5O. The molecule has 0 saturated heterocycles. The van der Waals surface area contributed by atoms with Gasteiger partial charge in [-0.05, 0) is 49.0 Å². The molecule has 148 valence electrons. The highest BCUT2D eigenvalue weighted by Crippen LogP contribution is 2.24. The summed E-state index contributed by atoms with van der Waals surface area (Å²) in [6.07, 6.45) is 6.53. The SMILES string of the molecule is C=Nc1c(/C=C\C)ncn(Cc2ccc(-c3ccnc(N(C)C)c3)cc2F)c1=O. The molecule has 0 N–H and O–H groups in total. The van der Waals surface area contributed by atoms with Crippen molar-refractivity contribution in [3.63, 3.8) is 0 Å². The van der Waals surface area contributed by atoms with Crippen LogP contribution >= 0.6 is 0 Å². The predicted octanol–water partition coefficient (Wildman–Crippen LogP) is 3.92. The van der Waals surface area contributed by atoms with Crippen LogP contribution in [-0.4, -0.2) is 35.3 Å². The van der Waals surface area contributed by atoms with Crippen LogP contribution in [-0.2, 0) is 6.54 Å².